The summed E-state index contributed by atoms with van der Waals surface area (Å²) in [5, 5.41) is 0. The van der Waals surface area contributed by atoms with Crippen LogP contribution < -0.4 is 0 Å². The smallest absolute Gasteiger partial charge is 0.354 e. The van der Waals surface area contributed by atoms with Crippen LogP contribution in [0.15, 0.2) is 24.3 Å². The minimum atomic E-state index is -0.545. The van der Waals surface area contributed by atoms with E-state index in [1.807, 2.05) is 0 Å². The number of aryl methyl sites for hydroxylation is 1. The summed E-state index contributed by atoms with van der Waals surface area (Å²) in [4.78, 5) is 42.0. The monoisotopic (exact) mass is 372 g/mol. The van der Waals surface area contributed by atoms with E-state index in [1.54, 1.807) is 13.8 Å². The van der Waals surface area contributed by atoms with Crippen molar-refractivity contribution in [2.24, 2.45) is 0 Å². The number of methoxy groups -OCH3 is 1. The molecule has 1 aliphatic rings. The molecule has 1 N–H and O–H groups in total. The van der Waals surface area contributed by atoms with Crippen molar-refractivity contribution in [2.45, 2.75) is 32.7 Å². The molecule has 1 fully saturated rings. The van der Waals surface area contributed by atoms with Gasteiger partial charge >= 0.3 is 5.97 Å². The maximum Gasteiger partial charge on any atom is 0.354 e. The predicted molar refractivity (Wildman–Crippen MR) is 96.4 cm³/mol. The zero-order valence-electron chi connectivity index (χ0n) is 15.5. The van der Waals surface area contributed by atoms with Crippen LogP contribution in [-0.4, -0.2) is 47.2 Å². The van der Waals surface area contributed by atoms with Crippen molar-refractivity contribution in [1.29, 1.82) is 0 Å². The van der Waals surface area contributed by atoms with Gasteiger partial charge in [-0.25, -0.2) is 9.18 Å². The molecule has 6 nitrogen and oxygen atoms in total. The summed E-state index contributed by atoms with van der Waals surface area (Å²) in [6, 6.07) is 5.29. The first kappa shape index (κ1) is 18.8. The van der Waals surface area contributed by atoms with Gasteiger partial charge in [0, 0.05) is 22.9 Å². The first-order chi connectivity index (χ1) is 12.8. The van der Waals surface area contributed by atoms with Gasteiger partial charge in [0.25, 0.3) is 5.91 Å². The molecule has 7 heteroatoms. The number of Topliss-reactive ketones (excluding diaryl/α,β-unsaturated/α-hetero) is 1. The van der Waals surface area contributed by atoms with Crippen molar-refractivity contribution in [2.75, 3.05) is 13.7 Å². The number of aromatic nitrogens is 1. The maximum atomic E-state index is 13.1. The standard InChI is InChI=1S/C20H21FN2O4/c1-11-17(12(2)22-18(11)20(26)27-3)16(24)10-23(15-8-9-15)19(25)13-4-6-14(21)7-5-13/h4-7,15,22H,8-10H2,1-3H3. The first-order valence-electron chi connectivity index (χ1n) is 8.70. The number of ether oxygens (including phenoxy) is 1. The third-order valence-electron chi connectivity index (χ3n) is 4.76. The SMILES string of the molecule is COC(=O)c1[nH]c(C)c(C(=O)CN(C(=O)c2ccc(F)cc2)C2CC2)c1C. The second kappa shape index (κ2) is 7.34. The summed E-state index contributed by atoms with van der Waals surface area (Å²) in [5.41, 5.74) is 2.04. The number of esters is 1. The van der Waals surface area contributed by atoms with Crippen LogP contribution >= 0.6 is 0 Å². The minimum Gasteiger partial charge on any atom is -0.464 e. The number of benzene rings is 1. The molecule has 2 aromatic rings. The van der Waals surface area contributed by atoms with Gasteiger partial charge in [0.15, 0.2) is 5.78 Å². The molecule has 1 amide bonds. The normalized spacial score (nSPS) is 13.3. The lowest BCUT2D eigenvalue weighted by Crippen LogP contribution is -2.37. The van der Waals surface area contributed by atoms with Crippen LogP contribution in [-0.2, 0) is 4.74 Å². The van der Waals surface area contributed by atoms with Crippen LogP contribution in [0.25, 0.3) is 0 Å². The summed E-state index contributed by atoms with van der Waals surface area (Å²) in [7, 11) is 1.27. The lowest BCUT2D eigenvalue weighted by atomic mass is 10.0. The van der Waals surface area contributed by atoms with E-state index in [2.05, 4.69) is 4.98 Å². The molecule has 0 aliphatic heterocycles. The van der Waals surface area contributed by atoms with Gasteiger partial charge in [-0.2, -0.15) is 0 Å². The van der Waals surface area contributed by atoms with Crippen molar-refractivity contribution in [3.63, 3.8) is 0 Å². The highest BCUT2D eigenvalue weighted by atomic mass is 19.1. The molecular formula is C20H21FN2O4. The number of carbonyl (C=O) groups is 3. The Hall–Kier alpha value is -2.96. The van der Waals surface area contributed by atoms with Gasteiger partial charge in [-0.1, -0.05) is 0 Å². The van der Waals surface area contributed by atoms with Crippen molar-refractivity contribution in [3.05, 3.63) is 58.2 Å². The molecule has 142 valence electrons. The molecule has 3 rings (SSSR count). The molecule has 0 radical (unpaired) electrons. The van der Waals surface area contributed by atoms with Crippen molar-refractivity contribution in [3.8, 4) is 0 Å². The highest BCUT2D eigenvalue weighted by Crippen LogP contribution is 2.29. The molecule has 0 unspecified atom stereocenters. The Kier molecular flexibility index (Phi) is 5.12. The van der Waals surface area contributed by atoms with Crippen LogP contribution in [0.4, 0.5) is 4.39 Å². The van der Waals surface area contributed by atoms with Gasteiger partial charge in [0.05, 0.1) is 13.7 Å². The van der Waals surface area contributed by atoms with E-state index in [9.17, 15) is 18.8 Å². The molecule has 1 heterocycles. The summed E-state index contributed by atoms with van der Waals surface area (Å²) in [6.45, 7) is 3.28. The average molecular weight is 372 g/mol. The molecule has 0 bridgehead atoms. The Morgan fingerprint density at radius 3 is 2.37 bits per heavy atom. The maximum absolute atomic E-state index is 13.1. The molecule has 0 spiro atoms. The highest BCUT2D eigenvalue weighted by Gasteiger charge is 2.35. The summed E-state index contributed by atoms with van der Waals surface area (Å²) >= 11 is 0. The fraction of sp³-hybridized carbons (Fsp3) is 0.350. The van der Waals surface area contributed by atoms with E-state index in [1.165, 1.54) is 36.3 Å². The van der Waals surface area contributed by atoms with E-state index < -0.39 is 11.8 Å². The number of carbonyl (C=O) groups excluding carboxylic acids is 3. The molecule has 0 saturated heterocycles. The van der Waals surface area contributed by atoms with Gasteiger partial charge in [-0.15, -0.1) is 0 Å². The molecule has 1 aliphatic carbocycles. The van der Waals surface area contributed by atoms with Gasteiger partial charge in [-0.05, 0) is 56.5 Å². The number of nitrogens with one attached hydrogen (secondary N) is 1. The minimum absolute atomic E-state index is 0.00568. The largest absolute Gasteiger partial charge is 0.464 e. The number of aromatic amines is 1. The molecule has 1 aromatic carbocycles. The summed E-state index contributed by atoms with van der Waals surface area (Å²) in [5.74, 6) is -1.52. The topological polar surface area (TPSA) is 79.5 Å². The Morgan fingerprint density at radius 2 is 1.81 bits per heavy atom. The number of nitrogens with zero attached hydrogens (tertiary/aromatic N) is 1. The van der Waals surface area contributed by atoms with Crippen LogP contribution in [0, 0.1) is 19.7 Å². The Labute approximate surface area is 156 Å². The number of rotatable bonds is 6. The number of ketones is 1. The predicted octanol–water partition coefficient (Wildman–Crippen LogP) is 3.04. The van der Waals surface area contributed by atoms with E-state index in [-0.39, 0.29) is 30.0 Å². The summed E-state index contributed by atoms with van der Waals surface area (Å²) in [6.07, 6.45) is 1.66. The molecule has 27 heavy (non-hydrogen) atoms. The Bertz CT molecular complexity index is 897. The Morgan fingerprint density at radius 1 is 1.19 bits per heavy atom. The fourth-order valence-electron chi connectivity index (χ4n) is 3.22. The highest BCUT2D eigenvalue weighted by molar-refractivity contribution is 6.06. The van der Waals surface area contributed by atoms with Gasteiger partial charge in [0.2, 0.25) is 0 Å². The van der Waals surface area contributed by atoms with Crippen LogP contribution in [0.5, 0.6) is 0 Å². The third-order valence-corrected chi connectivity index (χ3v) is 4.76. The first-order valence-corrected chi connectivity index (χ1v) is 8.70. The average Bonchev–Trinajstić information content (AvgIpc) is 3.44. The number of hydrogen-bond acceptors (Lipinski definition) is 4. The van der Waals surface area contributed by atoms with E-state index in [0.29, 0.717) is 22.4 Å². The van der Waals surface area contributed by atoms with Gasteiger partial charge in [-0.3, -0.25) is 9.59 Å². The quantitative estimate of drug-likeness (QED) is 0.624. The molecule has 0 atom stereocenters. The Balaban J connectivity index is 1.84. The van der Waals surface area contributed by atoms with E-state index in [4.69, 9.17) is 4.74 Å². The third kappa shape index (κ3) is 3.77. The van der Waals surface area contributed by atoms with Crippen LogP contribution in [0.3, 0.4) is 0 Å². The zero-order valence-corrected chi connectivity index (χ0v) is 15.5. The van der Waals surface area contributed by atoms with Crippen molar-refractivity contribution < 1.29 is 23.5 Å². The number of halogens is 1. The second-order valence-corrected chi connectivity index (χ2v) is 6.71. The molecular weight excluding hydrogens is 351 g/mol. The van der Waals surface area contributed by atoms with Crippen LogP contribution in [0.1, 0.15) is 55.3 Å². The fourth-order valence-corrected chi connectivity index (χ4v) is 3.22. The summed E-state index contributed by atoms with van der Waals surface area (Å²) < 4.78 is 17.8. The van der Waals surface area contributed by atoms with Gasteiger partial charge in [0.1, 0.15) is 11.5 Å². The second-order valence-electron chi connectivity index (χ2n) is 6.71. The van der Waals surface area contributed by atoms with Crippen LogP contribution in [0.2, 0.25) is 0 Å². The lowest BCUT2D eigenvalue weighted by Gasteiger charge is -2.22. The van der Waals surface area contributed by atoms with E-state index >= 15 is 0 Å². The number of H-pyrrole nitrogens is 1. The zero-order chi connectivity index (χ0) is 19.7. The number of hydrogen-bond donors (Lipinski definition) is 1. The van der Waals surface area contributed by atoms with E-state index in [0.717, 1.165) is 12.8 Å². The lowest BCUT2D eigenvalue weighted by molar-refractivity contribution is 0.0593. The molecule has 1 aromatic heterocycles. The van der Waals surface area contributed by atoms with Crippen molar-refractivity contribution >= 4 is 17.7 Å². The van der Waals surface area contributed by atoms with Gasteiger partial charge < -0.3 is 14.6 Å². The van der Waals surface area contributed by atoms with Crippen molar-refractivity contribution in [1.82, 2.24) is 9.88 Å². The molecule has 1 saturated carbocycles. The number of amides is 1.